The molecule has 0 aromatic rings. The number of carbonyl (C=O) groups is 4. The van der Waals surface area contributed by atoms with Crippen LogP contribution in [-0.4, -0.2) is 584 Å². The van der Waals surface area contributed by atoms with Gasteiger partial charge < -0.3 is 274 Å². The van der Waals surface area contributed by atoms with Crippen molar-refractivity contribution in [3.63, 3.8) is 0 Å². The maximum absolute atomic E-state index is 13.0. The first-order valence-corrected chi connectivity index (χ1v) is 45.6. The average molecular weight is 2050 g/mol. The van der Waals surface area contributed by atoms with E-state index in [4.69, 9.17) is 99.5 Å². The molecule has 812 valence electrons. The van der Waals surface area contributed by atoms with Crippen LogP contribution in [0.2, 0.25) is 0 Å². The van der Waals surface area contributed by atoms with Gasteiger partial charge in [0.1, 0.15) is 208 Å². The molecular formula is C81H136N2O57. The lowest BCUT2D eigenvalue weighted by molar-refractivity contribution is -0.402. The van der Waals surface area contributed by atoms with Gasteiger partial charge in [-0.25, -0.2) is 9.59 Å². The summed E-state index contributed by atoms with van der Waals surface area (Å²) >= 11 is 0. The Balaban J connectivity index is 0.829. The second-order valence-electron chi connectivity index (χ2n) is 37.0. The van der Waals surface area contributed by atoms with Gasteiger partial charge in [-0.15, -0.1) is 0 Å². The molecule has 11 saturated heterocycles. The Kier molecular flexibility index (Phi) is 41.1. The third-order valence-electron chi connectivity index (χ3n) is 27.5. The molecule has 11 aliphatic heterocycles. The van der Waals surface area contributed by atoms with Gasteiger partial charge in [-0.2, -0.15) is 0 Å². The van der Waals surface area contributed by atoms with Gasteiger partial charge in [0.05, 0.1) is 127 Å². The van der Waals surface area contributed by atoms with Crippen LogP contribution < -0.4 is 10.6 Å². The molecule has 0 saturated carbocycles. The molecule has 0 spiro atoms. The van der Waals surface area contributed by atoms with Crippen molar-refractivity contribution in [2.75, 3.05) is 72.7 Å². The van der Waals surface area contributed by atoms with E-state index in [1.165, 1.54) is 20.8 Å². The molecule has 0 aromatic heterocycles. The maximum Gasteiger partial charge on any atom is 0.364 e. The first-order valence-electron chi connectivity index (χ1n) is 45.6. The van der Waals surface area contributed by atoms with Crippen LogP contribution in [-0.2, 0) is 119 Å². The van der Waals surface area contributed by atoms with Crippen molar-refractivity contribution in [1.82, 2.24) is 10.6 Å². The Labute approximate surface area is 795 Å². The summed E-state index contributed by atoms with van der Waals surface area (Å²) in [6, 6.07) is -3.29. The van der Waals surface area contributed by atoms with Gasteiger partial charge in [0.2, 0.25) is 11.8 Å². The zero-order valence-electron chi connectivity index (χ0n) is 76.5. The molecular weight excluding hydrogens is 1910 g/mol. The summed E-state index contributed by atoms with van der Waals surface area (Å²) in [5.41, 5.74) is 0. The predicted molar refractivity (Wildman–Crippen MR) is 436 cm³/mol. The zero-order chi connectivity index (χ0) is 104. The van der Waals surface area contributed by atoms with Crippen LogP contribution in [0, 0.1) is 23.7 Å². The molecule has 57 atom stereocenters. The van der Waals surface area contributed by atoms with E-state index >= 15 is 0 Å². The van der Waals surface area contributed by atoms with E-state index in [1.54, 1.807) is 13.8 Å². The summed E-state index contributed by atoms with van der Waals surface area (Å²) in [5, 5.41) is 362. The Morgan fingerprint density at radius 1 is 0.307 bits per heavy atom. The van der Waals surface area contributed by atoms with Crippen molar-refractivity contribution in [2.45, 2.75) is 386 Å². The largest absolute Gasteiger partial charge is 0.477 e. The van der Waals surface area contributed by atoms with E-state index in [9.17, 15) is 183 Å². The van der Waals surface area contributed by atoms with Gasteiger partial charge in [0, 0.05) is 50.4 Å². The Hall–Kier alpha value is -4.16. The number of hydrogen-bond acceptors (Lipinski definition) is 55. The highest BCUT2D eigenvalue weighted by molar-refractivity contribution is 5.77. The third kappa shape index (κ3) is 24.8. The monoisotopic (exact) mass is 2050 g/mol. The number of carboxylic acids is 2. The minimum Gasteiger partial charge on any atom is -0.477 e. The van der Waals surface area contributed by atoms with Crippen molar-refractivity contribution < 1.29 is 282 Å². The molecule has 0 aromatic carbocycles. The summed E-state index contributed by atoms with van der Waals surface area (Å²) in [4.78, 5) is 50.3. The molecule has 11 fully saturated rings. The number of amides is 2. The van der Waals surface area contributed by atoms with Gasteiger partial charge >= 0.3 is 11.9 Å². The number of nitrogens with one attached hydrogen (secondary N) is 2. The minimum absolute atomic E-state index is 0.592. The fourth-order valence-corrected chi connectivity index (χ4v) is 18.7. The number of carbonyl (C=O) groups excluding carboxylic acids is 2. The van der Waals surface area contributed by atoms with Gasteiger partial charge in [0.15, 0.2) is 50.3 Å². The van der Waals surface area contributed by atoms with E-state index in [2.05, 4.69) is 10.6 Å². The minimum atomic E-state index is -3.06. The molecule has 11 heterocycles. The topological polar surface area (TPSA) is 934 Å². The van der Waals surface area contributed by atoms with Crippen molar-refractivity contribution in [1.29, 1.82) is 0 Å². The standard InChI is InChI=1S/C81H136N2O57/c1-21-25(5)123-34(14-88)61(43(21)98)132-70-22(2)44(99)64(37(17-91)126-70)135-75-60(115)67(136-77-69(57(112)50(105)33(13-87)125-77)138-72-24(4)46(101)63(36(16-90)128-72)134-74-59(114)55(110)52(107)40(131-74)20-122-81(79(118)119)9-29(95)42(83-27(7)93)66(140-81)48(103)31(97)11-85)53(108)38(129-75)18-120-76-68(56(111)49(104)32(12-86)124-76)137-71-23(3)45(100)62(35(15-89)127-71)133-73-58(113)54(109)51(106)39(130-73)19-121-80(78(116)117)8-28(94)41(82-26(6)92)65(139-80)47(102)30(96)10-84/h21-25,28-77,84-91,94-115H,8-20H2,1-7H3,(H,82,92)(H,83,93)(H,116,117)(H,118,119)/t21-,22+,23?,24+,25+,28-,29-,30-,31-,32?,33-,34?,35+,36?,37?,38?,39?,40?,41-,42-,43?,44?,45?,46?,47-,48-,49-,50-,51+,52+,53-,54?,55+,56+,57?,58+,59?,60-,61-,62-,63-,64-,65?,66?,67?,68?,69?,70+,71+,72+,73+,74+,75+,76+,77-,80-,81-/m1/s1. The van der Waals surface area contributed by atoms with Crippen LogP contribution in [0.4, 0.5) is 0 Å². The quantitative estimate of drug-likeness (QED) is 0.0272. The molecule has 59 nitrogen and oxygen atoms in total. The molecule has 11 rings (SSSR count). The second kappa shape index (κ2) is 49.5. The van der Waals surface area contributed by atoms with Crippen LogP contribution in [0.5, 0.6) is 0 Å². The number of aliphatic hydroxyl groups excluding tert-OH is 30. The molecule has 0 radical (unpaired) electrons. The summed E-state index contributed by atoms with van der Waals surface area (Å²) in [6.45, 7) is -3.03. The maximum atomic E-state index is 13.0. The van der Waals surface area contributed by atoms with Crippen LogP contribution in [0.25, 0.3) is 0 Å². The lowest BCUT2D eigenvalue weighted by Gasteiger charge is -2.51. The molecule has 2 amide bonds. The van der Waals surface area contributed by atoms with E-state index < -0.39 is 457 Å². The van der Waals surface area contributed by atoms with Crippen LogP contribution >= 0.6 is 0 Å². The average Bonchev–Trinajstić information content (AvgIpc) is 0.763. The van der Waals surface area contributed by atoms with E-state index in [-0.39, 0.29) is 0 Å². The third-order valence-corrected chi connectivity index (χ3v) is 27.5. The molecule has 0 aliphatic carbocycles. The molecule has 20 unspecified atom stereocenters. The van der Waals surface area contributed by atoms with E-state index in [0.717, 1.165) is 13.8 Å². The van der Waals surface area contributed by atoms with Crippen LogP contribution in [0.15, 0.2) is 0 Å². The lowest BCUT2D eigenvalue weighted by atomic mass is 9.88. The summed E-state index contributed by atoms with van der Waals surface area (Å²) < 4.78 is 126. The smallest absolute Gasteiger partial charge is 0.364 e. The van der Waals surface area contributed by atoms with Crippen molar-refractivity contribution in [2.24, 2.45) is 23.7 Å². The second-order valence-corrected chi connectivity index (χ2v) is 37.0. The van der Waals surface area contributed by atoms with Crippen LogP contribution in [0.1, 0.15) is 61.3 Å². The highest BCUT2D eigenvalue weighted by Crippen LogP contribution is 2.45. The van der Waals surface area contributed by atoms with Crippen molar-refractivity contribution in [3.8, 4) is 0 Å². The fraction of sp³-hybridized carbons (Fsp3) is 0.951. The number of carboxylic acid groups (broad SMARTS) is 2. The lowest BCUT2D eigenvalue weighted by Crippen LogP contribution is -2.68. The molecule has 59 heteroatoms. The molecule has 34 N–H and O–H groups in total. The first kappa shape index (κ1) is 116. The van der Waals surface area contributed by atoms with Gasteiger partial charge in [-0.3, -0.25) is 9.59 Å². The summed E-state index contributed by atoms with van der Waals surface area (Å²) in [5.74, 6) is -16.7. The molecule has 140 heavy (non-hydrogen) atoms. The fourth-order valence-electron chi connectivity index (χ4n) is 18.7. The highest BCUT2D eigenvalue weighted by atomic mass is 16.8. The van der Waals surface area contributed by atoms with Crippen LogP contribution in [0.3, 0.4) is 0 Å². The Bertz CT molecular complexity index is 3870. The number of aliphatic hydroxyl groups is 30. The zero-order valence-corrected chi connectivity index (χ0v) is 76.5. The van der Waals surface area contributed by atoms with Gasteiger partial charge in [-0.05, 0) is 6.92 Å². The summed E-state index contributed by atoms with van der Waals surface area (Å²) in [7, 11) is 0. The number of hydrogen-bond donors (Lipinski definition) is 34. The SMILES string of the molecule is CC(=O)N[C@H]1C([C@H](O)[C@H](O)CO)O[C@@](OCC2O[C@@H](O[C@H]3C(O)C(C)[C@H](OC4[C@@H](OCC5O[C@@H](O[C@@H]6C(CO)O[C@@H](O[C@@H]7C(CO)O[C@@H](C)[C@@H](C)C7O)[C@@H](C)C6O)[C@H](O)C(O[C@H]6O[C@H](CO)[C@@H](O)C(O)C6O[C@@H]6OC(CO)[C@@H](O[C@@H]7OC(CO[C@]8(C(=O)O)C[C@@H](O)[C@@H](NC(C)=O)C([C@H](O)[C@H](O)CO)O8)[C@H](O)[C@H](O)C7O)C(O)[C@@H]6C)[C@@H]5O)OC(CO)[C@@H](O)[C@@H]4O)O[C@H]3CO)[C@@H](O)C(O)[C@H]2O)(C(=O)O)C[C@H]1O. The Morgan fingerprint density at radius 3 is 0.936 bits per heavy atom. The molecule has 11 aliphatic rings. The van der Waals surface area contributed by atoms with Gasteiger partial charge in [0.25, 0.3) is 11.6 Å². The highest BCUT2D eigenvalue weighted by Gasteiger charge is 2.64. The number of aliphatic carboxylic acids is 2. The normalized spacial score (nSPS) is 49.2. The number of ether oxygens (including phenoxy) is 21. The van der Waals surface area contributed by atoms with Crippen molar-refractivity contribution >= 4 is 23.8 Å². The predicted octanol–water partition coefficient (Wildman–Crippen LogP) is -20.1. The van der Waals surface area contributed by atoms with E-state index in [1.807, 2.05) is 0 Å². The summed E-state index contributed by atoms with van der Waals surface area (Å²) in [6.07, 6.45) is -101. The Morgan fingerprint density at radius 2 is 0.593 bits per heavy atom. The first-order chi connectivity index (χ1) is 66.0. The van der Waals surface area contributed by atoms with E-state index in [0.29, 0.717) is 0 Å². The number of rotatable bonds is 39. The van der Waals surface area contributed by atoms with Crippen molar-refractivity contribution in [3.05, 3.63) is 0 Å². The molecule has 0 bridgehead atoms. The van der Waals surface area contributed by atoms with Gasteiger partial charge in [-0.1, -0.05) is 27.7 Å².